The van der Waals surface area contributed by atoms with E-state index in [9.17, 15) is 4.39 Å². The molecule has 0 fully saturated rings. The third-order valence-electron chi connectivity index (χ3n) is 3.17. The van der Waals surface area contributed by atoms with Crippen LogP contribution in [-0.2, 0) is 0 Å². The predicted octanol–water partition coefficient (Wildman–Crippen LogP) is 5.16. The Morgan fingerprint density at radius 3 is 2.95 bits per heavy atom. The molecule has 0 aliphatic rings. The van der Waals surface area contributed by atoms with E-state index in [-0.39, 0.29) is 11.1 Å². The van der Waals surface area contributed by atoms with Gasteiger partial charge in [0.05, 0.1) is 22.1 Å². The van der Waals surface area contributed by atoms with Crippen LogP contribution in [0.5, 0.6) is 0 Å². The fourth-order valence-corrected chi connectivity index (χ4v) is 3.44. The van der Waals surface area contributed by atoms with Crippen LogP contribution in [0.3, 0.4) is 0 Å². The highest BCUT2D eigenvalue weighted by molar-refractivity contribution is 7.71. The molecule has 0 aliphatic carbocycles. The minimum Gasteiger partial charge on any atom is -0.330 e. The molecule has 0 saturated carbocycles. The maximum Gasteiger partial charge on any atom is 0.178 e. The molecule has 6 heteroatoms. The molecular weight excluding hydrogens is 303 g/mol. The van der Waals surface area contributed by atoms with Crippen molar-refractivity contribution in [1.82, 2.24) is 9.55 Å². The van der Waals surface area contributed by atoms with Crippen LogP contribution in [0.2, 0.25) is 5.02 Å². The SMILES string of the molecule is CC(c1ccsc1)n1c(=S)[nH]c2cc(F)c(Cl)cc21. The number of nitrogens with one attached hydrogen (secondary N) is 1. The summed E-state index contributed by atoms with van der Waals surface area (Å²) in [4.78, 5) is 3.02. The molecule has 1 unspecified atom stereocenters. The maximum absolute atomic E-state index is 13.5. The number of benzene rings is 1. The van der Waals surface area contributed by atoms with E-state index in [1.165, 1.54) is 11.6 Å². The Kier molecular flexibility index (Phi) is 3.20. The summed E-state index contributed by atoms with van der Waals surface area (Å²) in [6.07, 6.45) is 0. The number of aromatic amines is 1. The molecular formula is C13H10ClFN2S2. The number of hydrogen-bond donors (Lipinski definition) is 1. The molecule has 1 atom stereocenters. The molecule has 3 aromatic rings. The van der Waals surface area contributed by atoms with Gasteiger partial charge in [0.1, 0.15) is 5.82 Å². The van der Waals surface area contributed by atoms with Gasteiger partial charge in [-0.3, -0.25) is 0 Å². The molecule has 2 heterocycles. The molecule has 19 heavy (non-hydrogen) atoms. The number of rotatable bonds is 2. The Morgan fingerprint density at radius 1 is 1.47 bits per heavy atom. The highest BCUT2D eigenvalue weighted by atomic mass is 35.5. The molecule has 0 saturated heterocycles. The summed E-state index contributed by atoms with van der Waals surface area (Å²) >= 11 is 12.8. The van der Waals surface area contributed by atoms with Crippen molar-refractivity contribution in [2.24, 2.45) is 0 Å². The average Bonchev–Trinajstić information content (AvgIpc) is 2.97. The van der Waals surface area contributed by atoms with Crippen molar-refractivity contribution in [1.29, 1.82) is 0 Å². The van der Waals surface area contributed by atoms with Crippen molar-refractivity contribution < 1.29 is 4.39 Å². The summed E-state index contributed by atoms with van der Waals surface area (Å²) < 4.78 is 16.0. The van der Waals surface area contributed by atoms with Crippen molar-refractivity contribution in [3.05, 3.63) is 50.1 Å². The topological polar surface area (TPSA) is 20.7 Å². The Bertz CT molecular complexity index is 789. The third-order valence-corrected chi connectivity index (χ3v) is 4.46. The molecule has 0 radical (unpaired) electrons. The van der Waals surface area contributed by atoms with Gasteiger partial charge in [0, 0.05) is 6.07 Å². The first-order chi connectivity index (χ1) is 9.08. The van der Waals surface area contributed by atoms with Gasteiger partial charge in [-0.15, -0.1) is 0 Å². The molecule has 3 rings (SSSR count). The molecule has 1 aromatic carbocycles. The molecule has 2 nitrogen and oxygen atoms in total. The zero-order valence-corrected chi connectivity index (χ0v) is 12.4. The van der Waals surface area contributed by atoms with Crippen molar-refractivity contribution in [2.75, 3.05) is 0 Å². The Hall–Kier alpha value is -1.17. The van der Waals surface area contributed by atoms with E-state index in [1.54, 1.807) is 17.4 Å². The largest absolute Gasteiger partial charge is 0.330 e. The smallest absolute Gasteiger partial charge is 0.178 e. The van der Waals surface area contributed by atoms with E-state index >= 15 is 0 Å². The van der Waals surface area contributed by atoms with Crippen molar-refractivity contribution in [2.45, 2.75) is 13.0 Å². The molecule has 2 aromatic heterocycles. The summed E-state index contributed by atoms with van der Waals surface area (Å²) in [6, 6.07) is 5.13. The highest BCUT2D eigenvalue weighted by Crippen LogP contribution is 2.28. The summed E-state index contributed by atoms with van der Waals surface area (Å²) in [5.41, 5.74) is 2.64. The second-order valence-corrected chi connectivity index (χ2v) is 5.89. The number of halogens is 2. The van der Waals surface area contributed by atoms with Crippen LogP contribution >= 0.6 is 35.2 Å². The van der Waals surface area contributed by atoms with Crippen molar-refractivity contribution in [3.8, 4) is 0 Å². The summed E-state index contributed by atoms with van der Waals surface area (Å²) in [7, 11) is 0. The zero-order chi connectivity index (χ0) is 13.6. The minimum atomic E-state index is -0.444. The normalized spacial score (nSPS) is 13.0. The molecule has 0 bridgehead atoms. The van der Waals surface area contributed by atoms with Gasteiger partial charge in [-0.1, -0.05) is 11.6 Å². The first kappa shape index (κ1) is 12.8. The van der Waals surface area contributed by atoms with E-state index in [1.807, 2.05) is 9.95 Å². The lowest BCUT2D eigenvalue weighted by atomic mass is 10.2. The fraction of sp³-hybridized carbons (Fsp3) is 0.154. The quantitative estimate of drug-likeness (QED) is 0.648. The Balaban J connectivity index is 2.26. The average molecular weight is 313 g/mol. The van der Waals surface area contributed by atoms with Gasteiger partial charge in [-0.2, -0.15) is 11.3 Å². The van der Waals surface area contributed by atoms with Gasteiger partial charge in [-0.05, 0) is 47.6 Å². The number of thiophene rings is 1. The lowest BCUT2D eigenvalue weighted by Gasteiger charge is -2.13. The number of aromatic nitrogens is 2. The van der Waals surface area contributed by atoms with Gasteiger partial charge in [0.25, 0.3) is 0 Å². The summed E-state index contributed by atoms with van der Waals surface area (Å²) in [6.45, 7) is 2.06. The summed E-state index contributed by atoms with van der Waals surface area (Å²) in [5, 5.41) is 4.21. The third kappa shape index (κ3) is 2.12. The number of imidazole rings is 1. The lowest BCUT2D eigenvalue weighted by Crippen LogP contribution is -2.05. The van der Waals surface area contributed by atoms with E-state index in [0.717, 1.165) is 5.52 Å². The molecule has 0 spiro atoms. The van der Waals surface area contributed by atoms with Crippen LogP contribution in [0, 0.1) is 10.6 Å². The number of nitrogens with zero attached hydrogens (tertiary/aromatic N) is 1. The lowest BCUT2D eigenvalue weighted by molar-refractivity contribution is 0.628. The first-order valence-electron chi connectivity index (χ1n) is 5.69. The Morgan fingerprint density at radius 2 is 2.26 bits per heavy atom. The first-order valence-corrected chi connectivity index (χ1v) is 7.42. The van der Waals surface area contributed by atoms with Crippen molar-refractivity contribution >= 4 is 46.2 Å². The predicted molar refractivity (Wildman–Crippen MR) is 80.2 cm³/mol. The van der Waals surface area contributed by atoms with Gasteiger partial charge < -0.3 is 9.55 Å². The maximum atomic E-state index is 13.5. The van der Waals surface area contributed by atoms with Crippen LogP contribution in [0.25, 0.3) is 11.0 Å². The summed E-state index contributed by atoms with van der Waals surface area (Å²) in [5.74, 6) is -0.444. The number of fused-ring (bicyclic) bond motifs is 1. The second kappa shape index (κ2) is 4.74. The number of H-pyrrole nitrogens is 1. The molecule has 1 N–H and O–H groups in total. The van der Waals surface area contributed by atoms with Crippen LogP contribution in [0.4, 0.5) is 4.39 Å². The molecule has 98 valence electrons. The van der Waals surface area contributed by atoms with Crippen LogP contribution in [0.1, 0.15) is 18.5 Å². The standard InChI is InChI=1S/C13H10ClFN2S2/c1-7(8-2-3-19-6-8)17-12-4-9(14)10(15)5-11(12)16-13(17)18/h2-7H,1H3,(H,16,18). The number of hydrogen-bond acceptors (Lipinski definition) is 2. The fourth-order valence-electron chi connectivity index (χ4n) is 2.17. The Labute approximate surface area is 123 Å². The highest BCUT2D eigenvalue weighted by Gasteiger charge is 2.15. The van der Waals surface area contributed by atoms with Gasteiger partial charge in [-0.25, -0.2) is 4.39 Å². The van der Waals surface area contributed by atoms with Gasteiger partial charge >= 0.3 is 0 Å². The van der Waals surface area contributed by atoms with Gasteiger partial charge in [0.2, 0.25) is 0 Å². The van der Waals surface area contributed by atoms with Crippen LogP contribution in [0.15, 0.2) is 29.0 Å². The molecule has 0 amide bonds. The van der Waals surface area contributed by atoms with Gasteiger partial charge in [0.15, 0.2) is 4.77 Å². The second-order valence-electron chi connectivity index (χ2n) is 4.32. The zero-order valence-electron chi connectivity index (χ0n) is 9.98. The van der Waals surface area contributed by atoms with E-state index in [2.05, 4.69) is 23.4 Å². The minimum absolute atomic E-state index is 0.0778. The molecule has 0 aliphatic heterocycles. The van der Waals surface area contributed by atoms with Crippen LogP contribution < -0.4 is 0 Å². The van der Waals surface area contributed by atoms with E-state index in [4.69, 9.17) is 23.8 Å². The van der Waals surface area contributed by atoms with Crippen LogP contribution in [-0.4, -0.2) is 9.55 Å². The van der Waals surface area contributed by atoms with Crippen molar-refractivity contribution in [3.63, 3.8) is 0 Å². The van der Waals surface area contributed by atoms with E-state index in [0.29, 0.717) is 10.3 Å². The monoisotopic (exact) mass is 312 g/mol. The van der Waals surface area contributed by atoms with E-state index < -0.39 is 5.82 Å².